The first-order valence-corrected chi connectivity index (χ1v) is 7.62. The molecule has 10 atom stereocenters. The summed E-state index contributed by atoms with van der Waals surface area (Å²) in [5.74, 6) is 0. The Bertz CT molecular complexity index is 408. The summed E-state index contributed by atoms with van der Waals surface area (Å²) < 4.78 is 20.9. The van der Waals surface area contributed by atoms with Gasteiger partial charge in [-0.3, -0.25) is 5.26 Å². The van der Waals surface area contributed by atoms with E-state index in [1.54, 1.807) is 0 Å². The van der Waals surface area contributed by atoms with Crippen LogP contribution in [0.5, 0.6) is 0 Å². The molecular formula is C13H24O12. The molecule has 2 heterocycles. The molecule has 10 unspecified atom stereocenters. The highest BCUT2D eigenvalue weighted by Crippen LogP contribution is 2.30. The third-order valence-corrected chi connectivity index (χ3v) is 4.29. The molecule has 7 N–H and O–H groups in total. The molecule has 0 aliphatic carbocycles. The minimum Gasteiger partial charge on any atom is -0.394 e. The highest BCUT2D eigenvalue weighted by molar-refractivity contribution is 4.94. The van der Waals surface area contributed by atoms with E-state index in [9.17, 15) is 30.6 Å². The summed E-state index contributed by atoms with van der Waals surface area (Å²) in [7, 11) is 1.23. The van der Waals surface area contributed by atoms with Crippen LogP contribution in [0.3, 0.4) is 0 Å². The molecule has 2 aliphatic heterocycles. The van der Waals surface area contributed by atoms with Gasteiger partial charge in [0.15, 0.2) is 18.7 Å². The largest absolute Gasteiger partial charge is 0.394 e. The predicted molar refractivity (Wildman–Crippen MR) is 74.9 cm³/mol. The lowest BCUT2D eigenvalue weighted by atomic mass is 9.97. The van der Waals surface area contributed by atoms with Crippen molar-refractivity contribution in [1.82, 2.24) is 0 Å². The molecule has 148 valence electrons. The maximum Gasteiger partial charge on any atom is 0.187 e. The van der Waals surface area contributed by atoms with Crippen molar-refractivity contribution in [2.75, 3.05) is 20.3 Å². The fourth-order valence-electron chi connectivity index (χ4n) is 2.83. The maximum absolute atomic E-state index is 10.1. The molecule has 0 radical (unpaired) electrons. The number of hydrogen-bond donors (Lipinski definition) is 7. The van der Waals surface area contributed by atoms with Crippen LogP contribution in [0.1, 0.15) is 0 Å². The number of hydrogen-bond acceptors (Lipinski definition) is 12. The van der Waals surface area contributed by atoms with Gasteiger partial charge in [0.1, 0.15) is 42.7 Å². The smallest absolute Gasteiger partial charge is 0.187 e. The average Bonchev–Trinajstić information content (AvgIpc) is 2.62. The summed E-state index contributed by atoms with van der Waals surface area (Å²) in [6.45, 7) is -1.25. The average molecular weight is 372 g/mol. The first kappa shape index (κ1) is 20.8. The highest BCUT2D eigenvalue weighted by atomic mass is 17.1. The Kier molecular flexibility index (Phi) is 7.45. The topological polar surface area (TPSA) is 188 Å². The van der Waals surface area contributed by atoms with Crippen LogP contribution in [0.25, 0.3) is 0 Å². The second-order valence-corrected chi connectivity index (χ2v) is 5.82. The quantitative estimate of drug-likeness (QED) is 0.176. The van der Waals surface area contributed by atoms with Crippen molar-refractivity contribution in [2.24, 2.45) is 0 Å². The van der Waals surface area contributed by atoms with Crippen LogP contribution in [0.15, 0.2) is 0 Å². The fraction of sp³-hybridized carbons (Fsp3) is 1.00. The fourth-order valence-corrected chi connectivity index (χ4v) is 2.83. The summed E-state index contributed by atoms with van der Waals surface area (Å²) in [6.07, 6.45) is -14.4. The minimum atomic E-state index is -1.71. The van der Waals surface area contributed by atoms with E-state index in [0.717, 1.165) is 0 Å². The van der Waals surface area contributed by atoms with Crippen LogP contribution < -0.4 is 0 Å². The third-order valence-electron chi connectivity index (χ3n) is 4.29. The molecule has 0 aromatic carbocycles. The zero-order valence-electron chi connectivity index (χ0n) is 13.4. The van der Waals surface area contributed by atoms with Gasteiger partial charge >= 0.3 is 0 Å². The molecule has 12 heteroatoms. The number of methoxy groups -OCH3 is 1. The summed E-state index contributed by atoms with van der Waals surface area (Å²) in [5.41, 5.74) is 0. The molecule has 2 fully saturated rings. The van der Waals surface area contributed by atoms with Crippen LogP contribution in [-0.2, 0) is 23.8 Å². The molecule has 0 saturated carbocycles. The minimum absolute atomic E-state index is 0.590. The van der Waals surface area contributed by atoms with Crippen molar-refractivity contribution < 1.29 is 59.7 Å². The summed E-state index contributed by atoms with van der Waals surface area (Å²) in [6, 6.07) is 0. The van der Waals surface area contributed by atoms with Crippen molar-refractivity contribution in [3.05, 3.63) is 0 Å². The van der Waals surface area contributed by atoms with Crippen molar-refractivity contribution >= 4 is 0 Å². The van der Waals surface area contributed by atoms with Crippen LogP contribution in [0.4, 0.5) is 0 Å². The molecule has 0 spiro atoms. The van der Waals surface area contributed by atoms with Crippen molar-refractivity contribution in [2.45, 2.75) is 61.4 Å². The molecule has 2 rings (SSSR count). The van der Waals surface area contributed by atoms with Crippen LogP contribution in [-0.4, -0.2) is 118 Å². The van der Waals surface area contributed by atoms with E-state index in [1.165, 1.54) is 7.11 Å². The third kappa shape index (κ3) is 4.10. The van der Waals surface area contributed by atoms with Gasteiger partial charge in [0.25, 0.3) is 0 Å². The van der Waals surface area contributed by atoms with Gasteiger partial charge in [-0.2, -0.15) is 0 Å². The standard InChI is InChI=1S/C13H24O12/c1-21-13-11(10(25-20)7(17)5(3-15)23-13)24-12-9(19)8(18)6(16)4(2-14)22-12/h4-20H,2-3H2,1H3. The van der Waals surface area contributed by atoms with Gasteiger partial charge in [-0.05, 0) is 0 Å². The normalized spacial score (nSPS) is 48.5. The molecule has 2 saturated heterocycles. The van der Waals surface area contributed by atoms with E-state index >= 15 is 0 Å². The zero-order valence-corrected chi connectivity index (χ0v) is 13.4. The van der Waals surface area contributed by atoms with Crippen molar-refractivity contribution in [1.29, 1.82) is 0 Å². The first-order chi connectivity index (χ1) is 11.9. The highest BCUT2D eigenvalue weighted by Gasteiger charge is 2.51. The molecule has 0 bridgehead atoms. The lowest BCUT2D eigenvalue weighted by molar-refractivity contribution is -0.406. The monoisotopic (exact) mass is 372 g/mol. The lowest BCUT2D eigenvalue weighted by Gasteiger charge is -2.45. The Hall–Kier alpha value is -0.480. The Morgan fingerprint density at radius 1 is 0.760 bits per heavy atom. The van der Waals surface area contributed by atoms with E-state index < -0.39 is 74.6 Å². The zero-order chi connectivity index (χ0) is 18.7. The van der Waals surface area contributed by atoms with Crippen LogP contribution >= 0.6 is 0 Å². The van der Waals surface area contributed by atoms with E-state index in [1.807, 2.05) is 0 Å². The van der Waals surface area contributed by atoms with E-state index in [2.05, 4.69) is 4.89 Å². The molecule has 12 nitrogen and oxygen atoms in total. The Labute approximate surface area is 142 Å². The Morgan fingerprint density at radius 2 is 1.32 bits per heavy atom. The molecule has 2 aliphatic rings. The van der Waals surface area contributed by atoms with E-state index in [4.69, 9.17) is 24.2 Å². The predicted octanol–water partition coefficient (Wildman–Crippen LogP) is -4.25. The van der Waals surface area contributed by atoms with Gasteiger partial charge in [-0.25, -0.2) is 4.89 Å². The van der Waals surface area contributed by atoms with E-state index in [0.29, 0.717) is 0 Å². The van der Waals surface area contributed by atoms with Gasteiger partial charge in [-0.1, -0.05) is 0 Å². The number of aliphatic hydroxyl groups excluding tert-OH is 6. The van der Waals surface area contributed by atoms with Gasteiger partial charge in [0, 0.05) is 7.11 Å². The lowest BCUT2D eigenvalue weighted by Crippen LogP contribution is -2.64. The van der Waals surface area contributed by atoms with Gasteiger partial charge in [-0.15, -0.1) is 0 Å². The summed E-state index contributed by atoms with van der Waals surface area (Å²) in [5, 5.41) is 67.1. The second-order valence-electron chi connectivity index (χ2n) is 5.82. The first-order valence-electron chi connectivity index (χ1n) is 7.62. The summed E-state index contributed by atoms with van der Waals surface area (Å²) in [4.78, 5) is 4.21. The van der Waals surface area contributed by atoms with Crippen LogP contribution in [0.2, 0.25) is 0 Å². The van der Waals surface area contributed by atoms with Gasteiger partial charge in [0.2, 0.25) is 0 Å². The maximum atomic E-state index is 10.1. The number of ether oxygens (including phenoxy) is 4. The van der Waals surface area contributed by atoms with Crippen LogP contribution in [0, 0.1) is 0 Å². The molecular weight excluding hydrogens is 348 g/mol. The van der Waals surface area contributed by atoms with Crippen molar-refractivity contribution in [3.8, 4) is 0 Å². The molecule has 25 heavy (non-hydrogen) atoms. The van der Waals surface area contributed by atoms with Gasteiger partial charge in [0.05, 0.1) is 13.2 Å². The molecule has 0 aromatic heterocycles. The van der Waals surface area contributed by atoms with E-state index in [-0.39, 0.29) is 0 Å². The Morgan fingerprint density at radius 3 is 1.84 bits per heavy atom. The van der Waals surface area contributed by atoms with Crippen molar-refractivity contribution in [3.63, 3.8) is 0 Å². The summed E-state index contributed by atoms with van der Waals surface area (Å²) >= 11 is 0. The van der Waals surface area contributed by atoms with Gasteiger partial charge < -0.3 is 49.6 Å². The molecule has 0 aromatic rings. The number of rotatable bonds is 6. The second kappa shape index (κ2) is 8.94. The SMILES string of the molecule is COC1OC(CO)C(O)C(OO)C1OC1OC(CO)C(O)C(O)C1O. The molecule has 0 amide bonds. The number of aliphatic hydroxyl groups is 6. The Balaban J connectivity index is 2.17.